The van der Waals surface area contributed by atoms with Gasteiger partial charge in [0.15, 0.2) is 0 Å². The minimum absolute atomic E-state index is 0.705. The molecule has 0 amide bonds. The highest BCUT2D eigenvalue weighted by Crippen LogP contribution is 2.34. The fourth-order valence-electron chi connectivity index (χ4n) is 1.53. The molecule has 0 bridgehead atoms. The summed E-state index contributed by atoms with van der Waals surface area (Å²) in [6.45, 7) is 6.64. The van der Waals surface area contributed by atoms with Crippen molar-refractivity contribution in [2.75, 3.05) is 12.4 Å². The van der Waals surface area contributed by atoms with Crippen LogP contribution < -0.4 is 0 Å². The number of thiophene rings is 1. The predicted molar refractivity (Wildman–Crippen MR) is 64.8 cm³/mol. The molecule has 14 heavy (non-hydrogen) atoms. The van der Waals surface area contributed by atoms with Gasteiger partial charge < -0.3 is 4.74 Å². The zero-order valence-corrected chi connectivity index (χ0v) is 9.97. The summed E-state index contributed by atoms with van der Waals surface area (Å²) in [5.74, 6) is 3.25. The van der Waals surface area contributed by atoms with Crippen molar-refractivity contribution in [2.45, 2.75) is 19.1 Å². The molecule has 0 atom stereocenters. The highest BCUT2D eigenvalue weighted by molar-refractivity contribution is 7.98. The maximum absolute atomic E-state index is 5.41. The van der Waals surface area contributed by atoms with Gasteiger partial charge in [-0.05, 0) is 30.7 Å². The number of rotatable bonds is 3. The van der Waals surface area contributed by atoms with Gasteiger partial charge in [0.05, 0.1) is 11.5 Å². The molecular weight excluding hydrogens is 212 g/mol. The third-order valence-corrected chi connectivity index (χ3v) is 4.51. The summed E-state index contributed by atoms with van der Waals surface area (Å²) in [6.07, 6.45) is 1.21. The lowest BCUT2D eigenvalue weighted by Crippen LogP contribution is -1.96. The van der Waals surface area contributed by atoms with E-state index in [1.165, 1.54) is 27.5 Å². The van der Waals surface area contributed by atoms with Crippen LogP contribution in [-0.2, 0) is 16.9 Å². The SMILES string of the molecule is C=C(OCC)c1cc2c(s1)CCSC2. The zero-order valence-electron chi connectivity index (χ0n) is 8.34. The summed E-state index contributed by atoms with van der Waals surface area (Å²) in [5.41, 5.74) is 1.49. The molecule has 0 N–H and O–H groups in total. The Morgan fingerprint density at radius 3 is 3.21 bits per heavy atom. The quantitative estimate of drug-likeness (QED) is 0.729. The Bertz CT molecular complexity index is 318. The monoisotopic (exact) mass is 226 g/mol. The zero-order chi connectivity index (χ0) is 9.97. The van der Waals surface area contributed by atoms with Crippen LogP contribution >= 0.6 is 23.1 Å². The van der Waals surface area contributed by atoms with Crippen LogP contribution in [0.1, 0.15) is 22.2 Å². The van der Waals surface area contributed by atoms with Gasteiger partial charge in [0.1, 0.15) is 5.76 Å². The van der Waals surface area contributed by atoms with Crippen molar-refractivity contribution in [1.29, 1.82) is 0 Å². The van der Waals surface area contributed by atoms with Gasteiger partial charge >= 0.3 is 0 Å². The molecule has 0 radical (unpaired) electrons. The van der Waals surface area contributed by atoms with E-state index < -0.39 is 0 Å². The summed E-state index contributed by atoms with van der Waals surface area (Å²) in [4.78, 5) is 2.74. The molecule has 3 heteroatoms. The third-order valence-electron chi connectivity index (χ3n) is 2.22. The van der Waals surface area contributed by atoms with Crippen molar-refractivity contribution < 1.29 is 4.74 Å². The first-order valence-corrected chi connectivity index (χ1v) is 6.79. The average Bonchev–Trinajstić information content (AvgIpc) is 2.61. The first kappa shape index (κ1) is 10.1. The van der Waals surface area contributed by atoms with E-state index in [9.17, 15) is 0 Å². The number of aryl methyl sites for hydroxylation is 1. The lowest BCUT2D eigenvalue weighted by Gasteiger charge is -2.08. The fourth-order valence-corrected chi connectivity index (χ4v) is 3.83. The van der Waals surface area contributed by atoms with E-state index >= 15 is 0 Å². The summed E-state index contributed by atoms with van der Waals surface area (Å²) >= 11 is 3.86. The second-order valence-electron chi connectivity index (χ2n) is 3.22. The summed E-state index contributed by atoms with van der Waals surface area (Å²) < 4.78 is 5.41. The van der Waals surface area contributed by atoms with Crippen LogP contribution in [0, 0.1) is 0 Å². The van der Waals surface area contributed by atoms with E-state index in [1.54, 1.807) is 0 Å². The van der Waals surface area contributed by atoms with Gasteiger partial charge in [0.25, 0.3) is 0 Å². The number of fused-ring (bicyclic) bond motifs is 1. The summed E-state index contributed by atoms with van der Waals surface area (Å²) in [5, 5.41) is 0. The number of hydrogen-bond donors (Lipinski definition) is 0. The molecule has 0 unspecified atom stereocenters. The maximum atomic E-state index is 5.41. The number of thioether (sulfide) groups is 1. The van der Waals surface area contributed by atoms with E-state index in [0.717, 1.165) is 11.5 Å². The molecule has 0 fully saturated rings. The van der Waals surface area contributed by atoms with E-state index in [4.69, 9.17) is 4.74 Å². The van der Waals surface area contributed by atoms with E-state index in [1.807, 2.05) is 30.0 Å². The van der Waals surface area contributed by atoms with Crippen molar-refractivity contribution in [1.82, 2.24) is 0 Å². The van der Waals surface area contributed by atoms with Gasteiger partial charge in [-0.3, -0.25) is 0 Å². The number of hydrogen-bond acceptors (Lipinski definition) is 3. The van der Waals surface area contributed by atoms with Gasteiger partial charge in [-0.25, -0.2) is 0 Å². The summed E-state index contributed by atoms with van der Waals surface area (Å²) in [7, 11) is 0. The van der Waals surface area contributed by atoms with Gasteiger partial charge in [-0.2, -0.15) is 11.8 Å². The smallest absolute Gasteiger partial charge is 0.129 e. The molecule has 1 aliphatic heterocycles. The highest BCUT2D eigenvalue weighted by Gasteiger charge is 2.15. The molecule has 1 aromatic rings. The number of ether oxygens (including phenoxy) is 1. The molecule has 1 nitrogen and oxygen atoms in total. The Kier molecular flexibility index (Phi) is 3.19. The van der Waals surface area contributed by atoms with Crippen molar-refractivity contribution in [3.8, 4) is 0 Å². The molecule has 0 aliphatic carbocycles. The molecule has 0 aromatic carbocycles. The van der Waals surface area contributed by atoms with Crippen molar-refractivity contribution in [3.63, 3.8) is 0 Å². The largest absolute Gasteiger partial charge is 0.493 e. The van der Waals surface area contributed by atoms with Gasteiger partial charge in [0.2, 0.25) is 0 Å². The van der Waals surface area contributed by atoms with E-state index in [0.29, 0.717) is 6.61 Å². The Labute approximate surface area is 93.2 Å². The minimum atomic E-state index is 0.705. The predicted octanol–water partition coefficient (Wildman–Crippen LogP) is 3.54. The van der Waals surface area contributed by atoms with Crippen molar-refractivity contribution >= 4 is 28.9 Å². The van der Waals surface area contributed by atoms with Crippen LogP contribution in [0.5, 0.6) is 0 Å². The Morgan fingerprint density at radius 2 is 2.50 bits per heavy atom. The van der Waals surface area contributed by atoms with Crippen LogP contribution in [0.15, 0.2) is 12.6 Å². The lowest BCUT2D eigenvalue weighted by molar-refractivity contribution is 0.300. The second-order valence-corrected chi connectivity index (χ2v) is 5.46. The Hall–Kier alpha value is -0.410. The van der Waals surface area contributed by atoms with Crippen LogP contribution in [0.4, 0.5) is 0 Å². The van der Waals surface area contributed by atoms with E-state index in [2.05, 4.69) is 12.6 Å². The van der Waals surface area contributed by atoms with Gasteiger partial charge in [-0.1, -0.05) is 6.58 Å². The minimum Gasteiger partial charge on any atom is -0.493 e. The molecular formula is C11H14OS2. The topological polar surface area (TPSA) is 9.23 Å². The third kappa shape index (κ3) is 1.98. The lowest BCUT2D eigenvalue weighted by atomic mass is 10.2. The van der Waals surface area contributed by atoms with Gasteiger partial charge in [-0.15, -0.1) is 11.3 Å². The van der Waals surface area contributed by atoms with Crippen LogP contribution in [0.2, 0.25) is 0 Å². The molecule has 76 valence electrons. The van der Waals surface area contributed by atoms with Crippen LogP contribution in [-0.4, -0.2) is 12.4 Å². The molecule has 0 spiro atoms. The van der Waals surface area contributed by atoms with Crippen LogP contribution in [0.25, 0.3) is 5.76 Å². The highest BCUT2D eigenvalue weighted by atomic mass is 32.2. The first-order chi connectivity index (χ1) is 6.81. The van der Waals surface area contributed by atoms with E-state index in [-0.39, 0.29) is 0 Å². The first-order valence-electron chi connectivity index (χ1n) is 4.82. The maximum Gasteiger partial charge on any atom is 0.129 e. The van der Waals surface area contributed by atoms with Crippen LogP contribution in [0.3, 0.4) is 0 Å². The molecule has 2 heterocycles. The van der Waals surface area contributed by atoms with Crippen molar-refractivity contribution in [3.05, 3.63) is 28.0 Å². The molecule has 1 aliphatic rings. The molecule has 0 saturated heterocycles. The van der Waals surface area contributed by atoms with Gasteiger partial charge in [0, 0.05) is 10.6 Å². The Balaban J connectivity index is 2.19. The Morgan fingerprint density at radius 1 is 1.64 bits per heavy atom. The average molecular weight is 226 g/mol. The van der Waals surface area contributed by atoms with Crippen molar-refractivity contribution in [2.24, 2.45) is 0 Å². The normalized spacial score (nSPS) is 14.9. The standard InChI is InChI=1S/C11H14OS2/c1-3-12-8(2)11-6-9-7-13-5-4-10(9)14-11/h6H,2-5,7H2,1H3. The molecule has 2 rings (SSSR count). The fraction of sp³-hybridized carbons (Fsp3) is 0.455. The molecule has 0 saturated carbocycles. The molecule has 1 aromatic heterocycles. The summed E-state index contributed by atoms with van der Waals surface area (Å²) in [6, 6.07) is 2.24. The second kappa shape index (κ2) is 4.41.